The monoisotopic (exact) mass is 347 g/mol. The molecule has 0 saturated carbocycles. The number of hydrogen-bond acceptors (Lipinski definition) is 2. The van der Waals surface area contributed by atoms with Crippen LogP contribution in [-0.4, -0.2) is 22.2 Å². The molecule has 4 nitrogen and oxygen atoms in total. The van der Waals surface area contributed by atoms with Crippen molar-refractivity contribution in [3.63, 3.8) is 0 Å². The van der Waals surface area contributed by atoms with E-state index in [9.17, 15) is 4.79 Å². The first-order valence-electron chi connectivity index (χ1n) is 9.20. The van der Waals surface area contributed by atoms with Gasteiger partial charge < -0.3 is 5.32 Å². The molecule has 4 heteroatoms. The molecule has 0 aliphatic rings. The summed E-state index contributed by atoms with van der Waals surface area (Å²) < 4.78 is 1.73. The van der Waals surface area contributed by atoms with Crippen LogP contribution in [0.25, 0.3) is 16.9 Å². The van der Waals surface area contributed by atoms with Crippen molar-refractivity contribution < 1.29 is 4.79 Å². The van der Waals surface area contributed by atoms with Gasteiger partial charge in [-0.15, -0.1) is 0 Å². The molecule has 3 rings (SSSR count). The Hall–Kier alpha value is -2.88. The standard InChI is InChI=1S/C22H25N3O/c1-3-4-8-15-23-22(26)21-16-20(18-9-6-5-7-10-18)24-25(21)19-13-11-17(2)12-14-19/h5-7,9-14,16H,3-4,8,15H2,1-2H3,(H,23,26). The molecule has 0 unspecified atom stereocenters. The van der Waals surface area contributed by atoms with Gasteiger partial charge in [-0.1, -0.05) is 67.8 Å². The molecular formula is C22H25N3O. The summed E-state index contributed by atoms with van der Waals surface area (Å²) >= 11 is 0. The third-order valence-electron chi connectivity index (χ3n) is 4.36. The summed E-state index contributed by atoms with van der Waals surface area (Å²) in [5, 5.41) is 7.72. The summed E-state index contributed by atoms with van der Waals surface area (Å²) in [5.74, 6) is -0.0867. The van der Waals surface area contributed by atoms with Gasteiger partial charge in [-0.3, -0.25) is 4.79 Å². The second-order valence-corrected chi connectivity index (χ2v) is 6.49. The Balaban J connectivity index is 1.93. The third-order valence-corrected chi connectivity index (χ3v) is 4.36. The molecule has 1 aromatic heterocycles. The highest BCUT2D eigenvalue weighted by Gasteiger charge is 2.17. The van der Waals surface area contributed by atoms with Crippen LogP contribution in [0.1, 0.15) is 42.2 Å². The van der Waals surface area contributed by atoms with Crippen molar-refractivity contribution in [2.24, 2.45) is 0 Å². The van der Waals surface area contributed by atoms with Crippen LogP contribution in [0, 0.1) is 6.92 Å². The van der Waals surface area contributed by atoms with Gasteiger partial charge in [0, 0.05) is 12.1 Å². The Bertz CT molecular complexity index is 851. The lowest BCUT2D eigenvalue weighted by molar-refractivity contribution is 0.0945. The Kier molecular flexibility index (Phi) is 5.84. The Labute approximate surface area is 154 Å². The van der Waals surface area contributed by atoms with E-state index < -0.39 is 0 Å². The summed E-state index contributed by atoms with van der Waals surface area (Å²) in [5.41, 5.74) is 4.42. The molecule has 0 fully saturated rings. The molecule has 0 atom stereocenters. The maximum atomic E-state index is 12.7. The SMILES string of the molecule is CCCCCNC(=O)c1cc(-c2ccccc2)nn1-c1ccc(C)cc1. The third kappa shape index (κ3) is 4.20. The van der Waals surface area contributed by atoms with Gasteiger partial charge in [0.25, 0.3) is 5.91 Å². The molecule has 26 heavy (non-hydrogen) atoms. The normalized spacial score (nSPS) is 10.7. The molecule has 0 aliphatic heterocycles. The largest absolute Gasteiger partial charge is 0.351 e. The van der Waals surface area contributed by atoms with Crippen LogP contribution in [0.2, 0.25) is 0 Å². The minimum Gasteiger partial charge on any atom is -0.351 e. The van der Waals surface area contributed by atoms with Crippen molar-refractivity contribution in [2.45, 2.75) is 33.1 Å². The maximum absolute atomic E-state index is 12.7. The number of aromatic nitrogens is 2. The van der Waals surface area contributed by atoms with Crippen molar-refractivity contribution in [2.75, 3.05) is 6.54 Å². The van der Waals surface area contributed by atoms with Crippen LogP contribution in [0.5, 0.6) is 0 Å². The lowest BCUT2D eigenvalue weighted by atomic mass is 10.1. The van der Waals surface area contributed by atoms with Gasteiger partial charge in [0.2, 0.25) is 0 Å². The van der Waals surface area contributed by atoms with Crippen molar-refractivity contribution in [3.8, 4) is 16.9 Å². The van der Waals surface area contributed by atoms with Crippen molar-refractivity contribution in [1.82, 2.24) is 15.1 Å². The molecule has 0 saturated heterocycles. The van der Waals surface area contributed by atoms with Crippen LogP contribution in [0.15, 0.2) is 60.7 Å². The molecule has 0 aliphatic carbocycles. The van der Waals surface area contributed by atoms with E-state index in [1.165, 1.54) is 5.56 Å². The molecule has 3 aromatic rings. The summed E-state index contributed by atoms with van der Waals surface area (Å²) in [6.45, 7) is 4.89. The first kappa shape index (κ1) is 17.9. The first-order valence-corrected chi connectivity index (χ1v) is 9.20. The fourth-order valence-electron chi connectivity index (χ4n) is 2.84. The van der Waals surface area contributed by atoms with E-state index >= 15 is 0 Å². The Morgan fingerprint density at radius 3 is 2.46 bits per heavy atom. The van der Waals surface area contributed by atoms with Crippen LogP contribution >= 0.6 is 0 Å². The fourth-order valence-corrected chi connectivity index (χ4v) is 2.84. The second kappa shape index (κ2) is 8.48. The molecule has 0 bridgehead atoms. The van der Waals surface area contributed by atoms with E-state index in [1.807, 2.05) is 67.6 Å². The van der Waals surface area contributed by atoms with Gasteiger partial charge in [0.15, 0.2) is 0 Å². The van der Waals surface area contributed by atoms with Gasteiger partial charge in [-0.05, 0) is 31.5 Å². The quantitative estimate of drug-likeness (QED) is 0.626. The zero-order valence-corrected chi connectivity index (χ0v) is 15.4. The minimum atomic E-state index is -0.0867. The number of rotatable bonds is 7. The van der Waals surface area contributed by atoms with Gasteiger partial charge in [0.05, 0.1) is 11.4 Å². The van der Waals surface area contributed by atoms with Gasteiger partial charge in [0.1, 0.15) is 5.69 Å². The average Bonchev–Trinajstić information content (AvgIpc) is 3.12. The molecule has 1 heterocycles. The van der Waals surface area contributed by atoms with Crippen LogP contribution < -0.4 is 5.32 Å². The van der Waals surface area contributed by atoms with Crippen molar-refractivity contribution in [1.29, 1.82) is 0 Å². The fraction of sp³-hybridized carbons (Fsp3) is 0.273. The Morgan fingerprint density at radius 2 is 1.77 bits per heavy atom. The van der Waals surface area contributed by atoms with E-state index in [0.29, 0.717) is 12.2 Å². The number of nitrogens with zero attached hydrogens (tertiary/aromatic N) is 2. The van der Waals surface area contributed by atoms with Crippen LogP contribution in [0.4, 0.5) is 0 Å². The highest BCUT2D eigenvalue weighted by atomic mass is 16.2. The smallest absolute Gasteiger partial charge is 0.270 e. The van der Waals surface area contributed by atoms with E-state index in [1.54, 1.807) is 4.68 Å². The number of aryl methyl sites for hydroxylation is 1. The van der Waals surface area contributed by atoms with Gasteiger partial charge >= 0.3 is 0 Å². The number of unbranched alkanes of at least 4 members (excludes halogenated alkanes) is 2. The molecule has 1 amide bonds. The summed E-state index contributed by atoms with van der Waals surface area (Å²) in [7, 11) is 0. The van der Waals surface area contributed by atoms with Crippen LogP contribution in [-0.2, 0) is 0 Å². The number of benzene rings is 2. The average molecular weight is 347 g/mol. The highest BCUT2D eigenvalue weighted by Crippen LogP contribution is 2.22. The number of hydrogen-bond donors (Lipinski definition) is 1. The number of nitrogens with one attached hydrogen (secondary N) is 1. The Morgan fingerprint density at radius 1 is 1.04 bits per heavy atom. The molecule has 1 N–H and O–H groups in total. The molecule has 2 aromatic carbocycles. The van der Waals surface area contributed by atoms with Gasteiger partial charge in [-0.25, -0.2) is 4.68 Å². The maximum Gasteiger partial charge on any atom is 0.270 e. The number of amides is 1. The van der Waals surface area contributed by atoms with E-state index in [4.69, 9.17) is 5.10 Å². The summed E-state index contributed by atoms with van der Waals surface area (Å²) in [6.07, 6.45) is 3.24. The van der Waals surface area contributed by atoms with Crippen molar-refractivity contribution >= 4 is 5.91 Å². The predicted molar refractivity (Wildman–Crippen MR) is 106 cm³/mol. The molecule has 134 valence electrons. The topological polar surface area (TPSA) is 46.9 Å². The lowest BCUT2D eigenvalue weighted by Gasteiger charge is -2.08. The van der Waals surface area contributed by atoms with E-state index in [0.717, 1.165) is 36.2 Å². The molecular weight excluding hydrogens is 322 g/mol. The lowest BCUT2D eigenvalue weighted by Crippen LogP contribution is -2.26. The minimum absolute atomic E-state index is 0.0867. The van der Waals surface area contributed by atoms with Crippen molar-refractivity contribution in [3.05, 3.63) is 71.9 Å². The molecule has 0 radical (unpaired) electrons. The number of carbonyl (C=O) groups is 1. The van der Waals surface area contributed by atoms with E-state index in [2.05, 4.69) is 12.2 Å². The van der Waals surface area contributed by atoms with Gasteiger partial charge in [-0.2, -0.15) is 5.10 Å². The van der Waals surface area contributed by atoms with E-state index in [-0.39, 0.29) is 5.91 Å². The summed E-state index contributed by atoms with van der Waals surface area (Å²) in [6, 6.07) is 19.8. The summed E-state index contributed by atoms with van der Waals surface area (Å²) in [4.78, 5) is 12.7. The highest BCUT2D eigenvalue weighted by molar-refractivity contribution is 5.94. The zero-order valence-electron chi connectivity index (χ0n) is 15.4. The number of carbonyl (C=O) groups excluding carboxylic acids is 1. The predicted octanol–water partition coefficient (Wildman–Crippen LogP) is 4.77. The molecule has 0 spiro atoms. The first-order chi connectivity index (χ1) is 12.7. The second-order valence-electron chi connectivity index (χ2n) is 6.49. The van der Waals surface area contributed by atoms with Crippen LogP contribution in [0.3, 0.4) is 0 Å². The zero-order chi connectivity index (χ0) is 18.4.